The summed E-state index contributed by atoms with van der Waals surface area (Å²) in [6.07, 6.45) is -0.0853. The van der Waals surface area contributed by atoms with Gasteiger partial charge in [-0.05, 0) is 29.3 Å². The number of nitrogens with zero attached hydrogens (tertiary/aromatic N) is 1. The highest BCUT2D eigenvalue weighted by atomic mass is 32.2. The van der Waals surface area contributed by atoms with E-state index in [0.29, 0.717) is 28.3 Å². The van der Waals surface area contributed by atoms with Gasteiger partial charge in [0.15, 0.2) is 35.8 Å². The predicted molar refractivity (Wildman–Crippen MR) is 145 cm³/mol. The van der Waals surface area contributed by atoms with Gasteiger partial charge < -0.3 is 25.1 Å². The molecule has 2 N–H and O–H groups in total. The third-order valence-electron chi connectivity index (χ3n) is 6.67. The number of aliphatic hydroxyl groups is 1. The van der Waals surface area contributed by atoms with Gasteiger partial charge in [0.05, 0.1) is 18.8 Å². The molecule has 0 bridgehead atoms. The topological polar surface area (TPSA) is 94.7 Å². The fourth-order valence-electron chi connectivity index (χ4n) is 4.49. The molecule has 0 aliphatic carbocycles. The number of nitrogens with one attached hydrogen (secondary N) is 1. The number of rotatable bonds is 8. The van der Waals surface area contributed by atoms with Crippen molar-refractivity contribution in [1.82, 2.24) is 0 Å². The van der Waals surface area contributed by atoms with E-state index in [1.807, 2.05) is 12.1 Å². The second-order valence-electron chi connectivity index (χ2n) is 9.55. The van der Waals surface area contributed by atoms with Crippen LogP contribution in [0.5, 0.6) is 0 Å². The number of aromatic nitrogens is 1. The highest BCUT2D eigenvalue weighted by Crippen LogP contribution is 2.39. The molecule has 4 aromatic rings. The maximum atomic E-state index is 14.2. The van der Waals surface area contributed by atoms with Gasteiger partial charge in [0.2, 0.25) is 5.82 Å². The number of amides is 1. The Morgan fingerprint density at radius 2 is 1.60 bits per heavy atom. The largest absolute Gasteiger partial charge is 0.618 e. The van der Waals surface area contributed by atoms with Crippen LogP contribution < -0.4 is 10.0 Å². The van der Waals surface area contributed by atoms with Gasteiger partial charge in [0.1, 0.15) is 5.56 Å². The second-order valence-corrected chi connectivity index (χ2v) is 10.6. The molecular weight excluding hydrogens is 595 g/mol. The van der Waals surface area contributed by atoms with E-state index in [9.17, 15) is 37.1 Å². The fraction of sp³-hybridized carbons (Fsp3) is 0.200. The molecule has 0 radical (unpaired) electrons. The summed E-state index contributed by atoms with van der Waals surface area (Å²) in [4.78, 5) is 12.6. The number of anilines is 1. The smallest absolute Gasteiger partial charge is 0.261 e. The maximum Gasteiger partial charge on any atom is 0.261 e. The Hall–Kier alpha value is -4.04. The summed E-state index contributed by atoms with van der Waals surface area (Å²) >= 11 is 1.29. The lowest BCUT2D eigenvalue weighted by Gasteiger charge is -2.36. The van der Waals surface area contributed by atoms with E-state index in [-0.39, 0.29) is 12.3 Å². The Morgan fingerprint density at radius 1 is 0.907 bits per heavy atom. The van der Waals surface area contributed by atoms with Crippen molar-refractivity contribution in [2.45, 2.75) is 36.6 Å². The molecule has 1 saturated heterocycles. The van der Waals surface area contributed by atoms with Crippen molar-refractivity contribution in [1.29, 1.82) is 0 Å². The minimum Gasteiger partial charge on any atom is -0.618 e. The highest BCUT2D eigenvalue weighted by Gasteiger charge is 2.33. The molecule has 3 atom stereocenters. The summed E-state index contributed by atoms with van der Waals surface area (Å²) in [6, 6.07) is 18.0. The number of thioether (sulfide) groups is 1. The zero-order chi connectivity index (χ0) is 30.7. The molecule has 1 amide bonds. The van der Waals surface area contributed by atoms with E-state index >= 15 is 0 Å². The molecule has 1 fully saturated rings. The number of hydrogen-bond donors (Lipinski definition) is 2. The number of aliphatic hydroxyl groups excluding tert-OH is 1. The van der Waals surface area contributed by atoms with Crippen LogP contribution in [0, 0.1) is 34.3 Å². The van der Waals surface area contributed by atoms with Gasteiger partial charge in [-0.25, -0.2) is 22.0 Å². The molecule has 0 spiro atoms. The quantitative estimate of drug-likeness (QED) is 0.0620. The van der Waals surface area contributed by atoms with Crippen LogP contribution in [0.25, 0.3) is 0 Å². The molecule has 1 aromatic heterocycles. The van der Waals surface area contributed by atoms with Gasteiger partial charge in [-0.3, -0.25) is 4.79 Å². The predicted octanol–water partition coefficient (Wildman–Crippen LogP) is 6.10. The average molecular weight is 619 g/mol. The van der Waals surface area contributed by atoms with Crippen LogP contribution in [-0.4, -0.2) is 22.9 Å². The van der Waals surface area contributed by atoms with Gasteiger partial charge in [0, 0.05) is 35.6 Å². The number of benzene rings is 3. The third kappa shape index (κ3) is 6.64. The Morgan fingerprint density at radius 3 is 2.28 bits per heavy atom. The first kappa shape index (κ1) is 30.4. The lowest BCUT2D eigenvalue weighted by atomic mass is 10.0. The van der Waals surface area contributed by atoms with Gasteiger partial charge in [-0.2, -0.15) is 4.73 Å². The van der Waals surface area contributed by atoms with Crippen molar-refractivity contribution in [3.63, 3.8) is 0 Å². The zero-order valence-corrected chi connectivity index (χ0v) is 22.9. The molecule has 1 aliphatic heterocycles. The van der Waals surface area contributed by atoms with Crippen LogP contribution in [-0.2, 0) is 16.1 Å². The minimum absolute atomic E-state index is 0.0179. The number of carbonyl (C=O) groups is 1. The highest BCUT2D eigenvalue weighted by molar-refractivity contribution is 7.99. The molecule has 7 nitrogen and oxygen atoms in total. The molecule has 0 saturated carbocycles. The number of carbonyl (C=O) groups excluding carboxylic acids is 1. The minimum atomic E-state index is -2.37. The van der Waals surface area contributed by atoms with Gasteiger partial charge in [-0.15, -0.1) is 0 Å². The summed E-state index contributed by atoms with van der Waals surface area (Å²) in [7, 11) is 0. The van der Waals surface area contributed by atoms with Crippen molar-refractivity contribution in [2.75, 3.05) is 11.1 Å². The Balaban J connectivity index is 1.39. The van der Waals surface area contributed by atoms with E-state index in [1.54, 1.807) is 36.4 Å². The molecule has 5 rings (SSSR count). The first-order valence-electron chi connectivity index (χ1n) is 12.9. The van der Waals surface area contributed by atoms with Crippen LogP contribution in [0.3, 0.4) is 0 Å². The van der Waals surface area contributed by atoms with Gasteiger partial charge in [-0.1, -0.05) is 48.2 Å². The van der Waals surface area contributed by atoms with Gasteiger partial charge >= 0.3 is 0 Å². The van der Waals surface area contributed by atoms with Gasteiger partial charge in [0.25, 0.3) is 10.9 Å². The molecule has 1 aliphatic rings. The van der Waals surface area contributed by atoms with Crippen molar-refractivity contribution in [3.8, 4) is 0 Å². The second kappa shape index (κ2) is 13.1. The normalized spacial score (nSPS) is 18.4. The zero-order valence-electron chi connectivity index (χ0n) is 22.1. The molecular formula is C30H23F5N2O5S. The monoisotopic (exact) mass is 618 g/mol. The van der Waals surface area contributed by atoms with Crippen molar-refractivity contribution >= 4 is 23.4 Å². The third-order valence-corrected chi connectivity index (χ3v) is 7.82. The average Bonchev–Trinajstić information content (AvgIpc) is 3.02. The number of halogens is 5. The fourth-order valence-corrected chi connectivity index (χ4v) is 5.42. The molecule has 13 heteroatoms. The van der Waals surface area contributed by atoms with Crippen LogP contribution in [0.15, 0.2) is 78.0 Å². The molecule has 0 unspecified atom stereocenters. The Bertz CT molecular complexity index is 1610. The lowest BCUT2D eigenvalue weighted by Crippen LogP contribution is -2.32. The summed E-state index contributed by atoms with van der Waals surface area (Å²) in [5, 5.41) is 24.1. The van der Waals surface area contributed by atoms with Crippen molar-refractivity contribution in [2.24, 2.45) is 0 Å². The van der Waals surface area contributed by atoms with E-state index < -0.39 is 59.1 Å². The first-order chi connectivity index (χ1) is 20.7. The maximum absolute atomic E-state index is 14.2. The van der Waals surface area contributed by atoms with Crippen LogP contribution in [0.4, 0.5) is 27.6 Å². The van der Waals surface area contributed by atoms with Crippen molar-refractivity contribution in [3.05, 3.63) is 129 Å². The summed E-state index contributed by atoms with van der Waals surface area (Å²) in [5.41, 5.74) is 0.263. The lowest BCUT2D eigenvalue weighted by molar-refractivity contribution is -0.645. The molecule has 2 heterocycles. The standard InChI is InChI=1S/C30H23F5N2O5S/c31-24-23(25(32)27(34)28(35)26(24)33)29(39)36-19-5-3-4-18(12-19)30-41-20(15-43-22-6-1-2-11-37(22)40)13-21(42-30)17-9-7-16(14-38)8-10-17/h1-12,20-21,30,38H,13-15H2,(H,36,39)/t20-,21+,30+/m0/s1. The van der Waals surface area contributed by atoms with E-state index in [0.717, 1.165) is 10.3 Å². The molecule has 43 heavy (non-hydrogen) atoms. The number of hydrogen-bond acceptors (Lipinski definition) is 6. The van der Waals surface area contributed by atoms with E-state index in [2.05, 4.69) is 5.32 Å². The Kier molecular flexibility index (Phi) is 9.25. The van der Waals surface area contributed by atoms with Crippen LogP contribution in [0.1, 0.15) is 45.9 Å². The van der Waals surface area contributed by atoms with E-state index in [4.69, 9.17) is 9.47 Å². The summed E-state index contributed by atoms with van der Waals surface area (Å²) in [5.74, 6) is -12.5. The van der Waals surface area contributed by atoms with Crippen LogP contribution in [0.2, 0.25) is 0 Å². The van der Waals surface area contributed by atoms with Crippen LogP contribution >= 0.6 is 11.8 Å². The van der Waals surface area contributed by atoms with E-state index in [1.165, 1.54) is 36.2 Å². The Labute approximate surface area is 246 Å². The first-order valence-corrected chi connectivity index (χ1v) is 13.9. The summed E-state index contributed by atoms with van der Waals surface area (Å²) in [6.45, 7) is -0.132. The molecule has 3 aromatic carbocycles. The number of ether oxygens (including phenoxy) is 2. The SMILES string of the molecule is O=C(Nc1cccc([C@@H]2O[C@H](CSc3cccc[n+]3[O-])C[C@H](c3ccc(CO)cc3)O2)c1)c1c(F)c(F)c(F)c(F)c1F. The molecule has 224 valence electrons. The summed E-state index contributed by atoms with van der Waals surface area (Å²) < 4.78 is 82.3. The number of pyridine rings is 1. The van der Waals surface area contributed by atoms with Crippen molar-refractivity contribution < 1.29 is 46.1 Å².